The minimum Gasteiger partial charge on any atom is -0.389 e. The van der Waals surface area contributed by atoms with Crippen molar-refractivity contribution in [3.8, 4) is 0 Å². The van der Waals surface area contributed by atoms with E-state index in [4.69, 9.17) is 4.84 Å². The van der Waals surface area contributed by atoms with E-state index in [9.17, 15) is 4.79 Å². The van der Waals surface area contributed by atoms with E-state index < -0.39 is 0 Å². The molecule has 0 aromatic heterocycles. The lowest BCUT2D eigenvalue weighted by molar-refractivity contribution is -0.117. The predicted molar refractivity (Wildman–Crippen MR) is 104 cm³/mol. The van der Waals surface area contributed by atoms with Crippen LogP contribution in [-0.2, 0) is 16.2 Å². The van der Waals surface area contributed by atoms with Crippen molar-refractivity contribution in [3.63, 3.8) is 0 Å². The fourth-order valence-electron chi connectivity index (χ4n) is 3.04. The summed E-state index contributed by atoms with van der Waals surface area (Å²) in [5.74, 6) is 0.255. The average molecular weight is 351 g/mol. The van der Waals surface area contributed by atoms with E-state index in [0.29, 0.717) is 12.4 Å². The third kappa shape index (κ3) is 5.09. The van der Waals surface area contributed by atoms with Gasteiger partial charge in [0.2, 0.25) is 5.91 Å². The van der Waals surface area contributed by atoms with Crippen LogP contribution in [0.25, 0.3) is 0 Å². The lowest BCUT2D eigenvalue weighted by Gasteiger charge is -2.28. The van der Waals surface area contributed by atoms with Crippen molar-refractivity contribution in [1.82, 2.24) is 5.32 Å². The van der Waals surface area contributed by atoms with Crippen molar-refractivity contribution < 1.29 is 9.63 Å². The molecule has 1 aliphatic rings. The fourth-order valence-corrected chi connectivity index (χ4v) is 3.04. The number of piperidine rings is 1. The quantitative estimate of drug-likeness (QED) is 0.508. The molecule has 1 N–H and O–H groups in total. The highest BCUT2D eigenvalue weighted by molar-refractivity contribution is 6.07. The Morgan fingerprint density at radius 2 is 1.73 bits per heavy atom. The van der Waals surface area contributed by atoms with Crippen molar-refractivity contribution in [2.45, 2.75) is 32.8 Å². The van der Waals surface area contributed by atoms with Crippen molar-refractivity contribution >= 4 is 17.4 Å². The van der Waals surface area contributed by atoms with Gasteiger partial charge in [-0.1, -0.05) is 35.5 Å². The molecule has 3 rings (SSSR count). The second kappa shape index (κ2) is 9.04. The zero-order valence-electron chi connectivity index (χ0n) is 15.1. The molecule has 0 aliphatic carbocycles. The smallest absolute Gasteiger partial charge is 0.222 e. The number of nitrogens with zero attached hydrogens (tertiary/aromatic N) is 2. The molecule has 26 heavy (non-hydrogen) atoms. The molecule has 1 aliphatic heterocycles. The highest BCUT2D eigenvalue weighted by Gasteiger charge is 2.12. The molecule has 1 fully saturated rings. The van der Waals surface area contributed by atoms with Gasteiger partial charge in [0.15, 0.2) is 5.84 Å². The van der Waals surface area contributed by atoms with Crippen molar-refractivity contribution in [1.29, 1.82) is 0 Å². The van der Waals surface area contributed by atoms with E-state index in [1.807, 2.05) is 42.5 Å². The number of carbonyl (C=O) groups excluding carboxylic acids is 1. The summed E-state index contributed by atoms with van der Waals surface area (Å²) in [6, 6.07) is 17.9. The largest absolute Gasteiger partial charge is 0.389 e. The van der Waals surface area contributed by atoms with Crippen LogP contribution >= 0.6 is 0 Å². The molecular formula is C21H25N3O2. The van der Waals surface area contributed by atoms with Crippen LogP contribution in [0.15, 0.2) is 59.8 Å². The number of oxime groups is 1. The number of amides is 1. The maximum atomic E-state index is 11.5. The molecule has 5 heteroatoms. The van der Waals surface area contributed by atoms with Gasteiger partial charge in [-0.15, -0.1) is 0 Å². The Balaban J connectivity index is 1.69. The predicted octanol–water partition coefficient (Wildman–Crippen LogP) is 3.69. The number of nitrogens with one attached hydrogen (secondary N) is 1. The van der Waals surface area contributed by atoms with Gasteiger partial charge in [-0.25, -0.2) is 0 Å². The molecule has 1 heterocycles. The summed E-state index contributed by atoms with van der Waals surface area (Å²) in [5, 5.41) is 6.90. The summed E-state index contributed by atoms with van der Waals surface area (Å²) in [4.78, 5) is 19.4. The summed E-state index contributed by atoms with van der Waals surface area (Å²) in [5.41, 5.74) is 3.06. The summed E-state index contributed by atoms with van der Waals surface area (Å²) < 4.78 is 0. The van der Waals surface area contributed by atoms with Crippen LogP contribution in [0, 0.1) is 0 Å². The van der Waals surface area contributed by atoms with Crippen LogP contribution in [0.5, 0.6) is 0 Å². The second-order valence-electron chi connectivity index (χ2n) is 6.47. The van der Waals surface area contributed by atoms with Crippen LogP contribution in [0.3, 0.4) is 0 Å². The average Bonchev–Trinajstić information content (AvgIpc) is 2.69. The van der Waals surface area contributed by atoms with E-state index in [0.717, 1.165) is 24.2 Å². The molecular weight excluding hydrogens is 326 g/mol. The summed E-state index contributed by atoms with van der Waals surface area (Å²) >= 11 is 0. The topological polar surface area (TPSA) is 53.9 Å². The highest BCUT2D eigenvalue weighted by atomic mass is 16.6. The molecule has 1 saturated heterocycles. The zero-order chi connectivity index (χ0) is 18.2. The molecule has 0 bridgehead atoms. The van der Waals surface area contributed by atoms with Gasteiger partial charge in [0.1, 0.15) is 6.61 Å². The standard InChI is InChI=1S/C21H25N3O2/c1-17(25)22-21(23-26-16-18-8-4-2-5-9-18)19-10-12-20(13-11-19)24-14-6-3-7-15-24/h2,4-5,8-13H,3,6-7,14-16H2,1H3,(H,22,23,25). The molecule has 0 radical (unpaired) electrons. The summed E-state index contributed by atoms with van der Waals surface area (Å²) in [6.45, 7) is 4.03. The molecule has 2 aromatic carbocycles. The Labute approximate surface area is 154 Å². The highest BCUT2D eigenvalue weighted by Crippen LogP contribution is 2.20. The number of rotatable bonds is 5. The van der Waals surface area contributed by atoms with Crippen LogP contribution in [0.1, 0.15) is 37.3 Å². The molecule has 1 amide bonds. The molecule has 0 spiro atoms. The van der Waals surface area contributed by atoms with Gasteiger partial charge in [-0.05, 0) is 49.1 Å². The molecule has 0 unspecified atom stereocenters. The van der Waals surface area contributed by atoms with Crippen molar-refractivity contribution in [2.75, 3.05) is 18.0 Å². The normalized spacial score (nSPS) is 14.8. The Bertz CT molecular complexity index is 736. The summed E-state index contributed by atoms with van der Waals surface area (Å²) in [6.07, 6.45) is 3.80. The van der Waals surface area contributed by atoms with Crippen molar-refractivity contribution in [2.24, 2.45) is 5.16 Å². The Morgan fingerprint density at radius 3 is 2.38 bits per heavy atom. The monoisotopic (exact) mass is 351 g/mol. The minimum absolute atomic E-state index is 0.174. The number of amidine groups is 1. The molecule has 2 aromatic rings. The van der Waals surface area contributed by atoms with Gasteiger partial charge < -0.3 is 15.1 Å². The number of hydrogen-bond donors (Lipinski definition) is 1. The Morgan fingerprint density at radius 1 is 1.04 bits per heavy atom. The maximum absolute atomic E-state index is 11.5. The third-order valence-corrected chi connectivity index (χ3v) is 4.39. The number of hydrogen-bond acceptors (Lipinski definition) is 4. The zero-order valence-corrected chi connectivity index (χ0v) is 15.1. The number of carbonyl (C=O) groups is 1. The molecule has 0 saturated carbocycles. The first kappa shape index (κ1) is 18.0. The third-order valence-electron chi connectivity index (χ3n) is 4.39. The van der Waals surface area contributed by atoms with Crippen LogP contribution in [0.4, 0.5) is 5.69 Å². The maximum Gasteiger partial charge on any atom is 0.222 e. The van der Waals surface area contributed by atoms with Gasteiger partial charge in [-0.3, -0.25) is 4.79 Å². The van der Waals surface area contributed by atoms with E-state index in [1.165, 1.54) is 31.9 Å². The first-order valence-electron chi connectivity index (χ1n) is 9.09. The van der Waals surface area contributed by atoms with Gasteiger partial charge in [-0.2, -0.15) is 0 Å². The van der Waals surface area contributed by atoms with E-state index >= 15 is 0 Å². The Hall–Kier alpha value is -2.82. The van der Waals surface area contributed by atoms with Crippen LogP contribution in [-0.4, -0.2) is 24.8 Å². The van der Waals surface area contributed by atoms with Gasteiger partial charge in [0.05, 0.1) is 0 Å². The van der Waals surface area contributed by atoms with E-state index in [2.05, 4.69) is 27.5 Å². The number of anilines is 1. The molecule has 0 atom stereocenters. The minimum atomic E-state index is -0.174. The van der Waals surface area contributed by atoms with Gasteiger partial charge in [0.25, 0.3) is 0 Å². The first-order valence-corrected chi connectivity index (χ1v) is 9.09. The van der Waals surface area contributed by atoms with Gasteiger partial charge >= 0.3 is 0 Å². The van der Waals surface area contributed by atoms with Crippen LogP contribution in [0.2, 0.25) is 0 Å². The SMILES string of the molecule is CC(=O)N/C(=N\OCc1ccccc1)c1ccc(N2CCCCC2)cc1. The molecule has 5 nitrogen and oxygen atoms in total. The van der Waals surface area contributed by atoms with E-state index in [1.54, 1.807) is 0 Å². The summed E-state index contributed by atoms with van der Waals surface area (Å²) in [7, 11) is 0. The lowest BCUT2D eigenvalue weighted by atomic mass is 10.1. The first-order chi connectivity index (χ1) is 12.7. The Kier molecular flexibility index (Phi) is 6.25. The van der Waals surface area contributed by atoms with Crippen LogP contribution < -0.4 is 10.2 Å². The van der Waals surface area contributed by atoms with Crippen molar-refractivity contribution in [3.05, 3.63) is 65.7 Å². The van der Waals surface area contributed by atoms with E-state index in [-0.39, 0.29) is 5.91 Å². The fraction of sp³-hybridized carbons (Fsp3) is 0.333. The number of benzene rings is 2. The van der Waals surface area contributed by atoms with Gasteiger partial charge in [0, 0.05) is 31.3 Å². The lowest BCUT2D eigenvalue weighted by Crippen LogP contribution is -2.30. The second-order valence-corrected chi connectivity index (χ2v) is 6.47. The molecule has 136 valence electrons.